The summed E-state index contributed by atoms with van der Waals surface area (Å²) in [5.74, 6) is -1.15. The van der Waals surface area contributed by atoms with Gasteiger partial charge < -0.3 is 15.1 Å². The SMILES string of the molecule is O=C(N[C@@H](Cc1ccccc1)C(=O)Nc1ccc(F)cc1)c1ccco1. The predicted octanol–water partition coefficient (Wildman–Crippen LogP) is 3.40. The van der Waals surface area contributed by atoms with Crippen LogP contribution in [0.4, 0.5) is 10.1 Å². The molecule has 1 heterocycles. The van der Waals surface area contributed by atoms with Crippen molar-refractivity contribution in [3.63, 3.8) is 0 Å². The minimum Gasteiger partial charge on any atom is -0.459 e. The first-order chi connectivity index (χ1) is 12.6. The molecular weight excluding hydrogens is 335 g/mol. The van der Waals surface area contributed by atoms with Crippen LogP contribution in [0.25, 0.3) is 0 Å². The fourth-order valence-corrected chi connectivity index (χ4v) is 2.46. The van der Waals surface area contributed by atoms with Crippen LogP contribution in [0.2, 0.25) is 0 Å². The Bertz CT molecular complexity index is 862. The number of furan rings is 1. The number of hydrogen-bond acceptors (Lipinski definition) is 3. The fraction of sp³-hybridized carbons (Fsp3) is 0.100. The highest BCUT2D eigenvalue weighted by Gasteiger charge is 2.23. The van der Waals surface area contributed by atoms with E-state index in [2.05, 4.69) is 10.6 Å². The van der Waals surface area contributed by atoms with E-state index in [-0.39, 0.29) is 5.76 Å². The third-order valence-corrected chi connectivity index (χ3v) is 3.76. The molecular formula is C20H17FN2O3. The van der Waals surface area contributed by atoms with Gasteiger partial charge >= 0.3 is 0 Å². The monoisotopic (exact) mass is 352 g/mol. The van der Waals surface area contributed by atoms with Gasteiger partial charge in [-0.3, -0.25) is 9.59 Å². The number of halogens is 1. The molecule has 2 amide bonds. The number of carbonyl (C=O) groups excluding carboxylic acids is 2. The van der Waals surface area contributed by atoms with Crippen molar-refractivity contribution in [2.45, 2.75) is 12.5 Å². The lowest BCUT2D eigenvalue weighted by molar-refractivity contribution is -0.118. The van der Waals surface area contributed by atoms with E-state index >= 15 is 0 Å². The minimum atomic E-state index is -0.819. The Hall–Kier alpha value is -3.41. The van der Waals surface area contributed by atoms with Crippen molar-refractivity contribution in [2.24, 2.45) is 0 Å². The van der Waals surface area contributed by atoms with Crippen LogP contribution in [-0.2, 0) is 11.2 Å². The van der Waals surface area contributed by atoms with Crippen LogP contribution in [-0.4, -0.2) is 17.9 Å². The molecule has 2 N–H and O–H groups in total. The van der Waals surface area contributed by atoms with Crippen LogP contribution in [0.15, 0.2) is 77.4 Å². The van der Waals surface area contributed by atoms with Crippen molar-refractivity contribution in [2.75, 3.05) is 5.32 Å². The Morgan fingerprint density at radius 2 is 1.69 bits per heavy atom. The summed E-state index contributed by atoms with van der Waals surface area (Å²) in [7, 11) is 0. The second-order valence-electron chi connectivity index (χ2n) is 5.69. The topological polar surface area (TPSA) is 71.3 Å². The summed E-state index contributed by atoms with van der Waals surface area (Å²) in [6, 6.07) is 17.1. The number of hydrogen-bond donors (Lipinski definition) is 2. The molecule has 0 radical (unpaired) electrons. The summed E-state index contributed by atoms with van der Waals surface area (Å²) in [5.41, 5.74) is 1.34. The second kappa shape index (κ2) is 8.11. The minimum absolute atomic E-state index is 0.123. The maximum absolute atomic E-state index is 13.0. The Morgan fingerprint density at radius 3 is 2.35 bits per heavy atom. The fourth-order valence-electron chi connectivity index (χ4n) is 2.46. The zero-order chi connectivity index (χ0) is 18.4. The molecule has 0 saturated heterocycles. The molecule has 0 fully saturated rings. The molecule has 0 spiro atoms. The van der Waals surface area contributed by atoms with Gasteiger partial charge in [0, 0.05) is 12.1 Å². The number of anilines is 1. The first-order valence-electron chi connectivity index (χ1n) is 8.06. The van der Waals surface area contributed by atoms with Crippen LogP contribution in [0.3, 0.4) is 0 Å². The van der Waals surface area contributed by atoms with E-state index < -0.39 is 23.7 Å². The normalized spacial score (nSPS) is 11.6. The van der Waals surface area contributed by atoms with Gasteiger partial charge in [-0.1, -0.05) is 30.3 Å². The van der Waals surface area contributed by atoms with E-state index in [1.807, 2.05) is 30.3 Å². The Balaban J connectivity index is 1.75. The lowest BCUT2D eigenvalue weighted by Gasteiger charge is -2.18. The van der Waals surface area contributed by atoms with E-state index in [1.165, 1.54) is 36.6 Å². The van der Waals surface area contributed by atoms with Crippen molar-refractivity contribution >= 4 is 17.5 Å². The molecule has 0 aliphatic carbocycles. The van der Waals surface area contributed by atoms with Crippen molar-refractivity contribution < 1.29 is 18.4 Å². The molecule has 3 aromatic rings. The van der Waals surface area contributed by atoms with Gasteiger partial charge in [0.1, 0.15) is 11.9 Å². The number of rotatable bonds is 6. The van der Waals surface area contributed by atoms with E-state index in [4.69, 9.17) is 4.42 Å². The molecule has 1 atom stereocenters. The van der Waals surface area contributed by atoms with Crippen LogP contribution >= 0.6 is 0 Å². The van der Waals surface area contributed by atoms with E-state index in [0.717, 1.165) is 5.56 Å². The zero-order valence-electron chi connectivity index (χ0n) is 13.8. The Morgan fingerprint density at radius 1 is 0.962 bits per heavy atom. The summed E-state index contributed by atoms with van der Waals surface area (Å²) in [5, 5.41) is 5.37. The smallest absolute Gasteiger partial charge is 0.287 e. The highest BCUT2D eigenvalue weighted by Crippen LogP contribution is 2.11. The van der Waals surface area contributed by atoms with Crippen molar-refractivity contribution in [3.05, 3.63) is 90.1 Å². The summed E-state index contributed by atoms with van der Waals surface area (Å²) in [6.45, 7) is 0. The van der Waals surface area contributed by atoms with Gasteiger partial charge in [0.2, 0.25) is 5.91 Å². The Kier molecular flexibility index (Phi) is 5.43. The third kappa shape index (κ3) is 4.57. The Labute approximate surface area is 149 Å². The van der Waals surface area contributed by atoms with Crippen LogP contribution in [0.1, 0.15) is 16.1 Å². The van der Waals surface area contributed by atoms with Crippen molar-refractivity contribution in [1.29, 1.82) is 0 Å². The molecule has 0 saturated carbocycles. The average molecular weight is 352 g/mol. The number of amides is 2. The van der Waals surface area contributed by atoms with E-state index in [1.54, 1.807) is 6.07 Å². The maximum Gasteiger partial charge on any atom is 0.287 e. The van der Waals surface area contributed by atoms with Gasteiger partial charge in [0.15, 0.2) is 5.76 Å². The first-order valence-corrected chi connectivity index (χ1v) is 8.06. The maximum atomic E-state index is 13.0. The van der Waals surface area contributed by atoms with E-state index in [9.17, 15) is 14.0 Å². The van der Waals surface area contributed by atoms with Gasteiger partial charge in [0.25, 0.3) is 5.91 Å². The first kappa shape index (κ1) is 17.4. The molecule has 3 rings (SSSR count). The summed E-state index contributed by atoms with van der Waals surface area (Å²) < 4.78 is 18.1. The molecule has 5 nitrogen and oxygen atoms in total. The number of benzene rings is 2. The molecule has 132 valence electrons. The molecule has 26 heavy (non-hydrogen) atoms. The second-order valence-corrected chi connectivity index (χ2v) is 5.69. The molecule has 0 bridgehead atoms. The quantitative estimate of drug-likeness (QED) is 0.714. The molecule has 1 aromatic heterocycles. The molecule has 2 aromatic carbocycles. The van der Waals surface area contributed by atoms with Gasteiger partial charge in [-0.05, 0) is 42.0 Å². The highest BCUT2D eigenvalue weighted by molar-refractivity contribution is 6.00. The lowest BCUT2D eigenvalue weighted by Crippen LogP contribution is -2.45. The summed E-state index contributed by atoms with van der Waals surface area (Å²) in [6.07, 6.45) is 1.69. The van der Waals surface area contributed by atoms with Crippen molar-refractivity contribution in [1.82, 2.24) is 5.32 Å². The van der Waals surface area contributed by atoms with Crippen LogP contribution < -0.4 is 10.6 Å². The third-order valence-electron chi connectivity index (χ3n) is 3.76. The van der Waals surface area contributed by atoms with Crippen molar-refractivity contribution in [3.8, 4) is 0 Å². The van der Waals surface area contributed by atoms with Gasteiger partial charge in [-0.25, -0.2) is 4.39 Å². The predicted molar refractivity (Wildman–Crippen MR) is 95.1 cm³/mol. The highest BCUT2D eigenvalue weighted by atomic mass is 19.1. The van der Waals surface area contributed by atoms with Gasteiger partial charge in [-0.2, -0.15) is 0 Å². The van der Waals surface area contributed by atoms with E-state index in [0.29, 0.717) is 12.1 Å². The number of carbonyl (C=O) groups is 2. The van der Waals surface area contributed by atoms with Crippen LogP contribution in [0, 0.1) is 5.82 Å². The zero-order valence-corrected chi connectivity index (χ0v) is 13.8. The largest absolute Gasteiger partial charge is 0.459 e. The molecule has 6 heteroatoms. The number of nitrogens with one attached hydrogen (secondary N) is 2. The molecule has 0 aliphatic heterocycles. The molecule has 0 aliphatic rings. The average Bonchev–Trinajstić information content (AvgIpc) is 3.19. The lowest BCUT2D eigenvalue weighted by atomic mass is 10.0. The summed E-state index contributed by atoms with van der Waals surface area (Å²) in [4.78, 5) is 24.9. The molecule has 0 unspecified atom stereocenters. The standard InChI is InChI=1S/C20H17FN2O3/c21-15-8-10-16(11-9-15)22-19(24)17(13-14-5-2-1-3-6-14)23-20(25)18-7-4-12-26-18/h1-12,17H,13H2,(H,22,24)(H,23,25)/t17-/m0/s1. The summed E-state index contributed by atoms with van der Waals surface area (Å²) >= 11 is 0. The van der Waals surface area contributed by atoms with Gasteiger partial charge in [0.05, 0.1) is 6.26 Å². The van der Waals surface area contributed by atoms with Gasteiger partial charge in [-0.15, -0.1) is 0 Å². The van der Waals surface area contributed by atoms with Crippen LogP contribution in [0.5, 0.6) is 0 Å².